The number of anilines is 1. The predicted molar refractivity (Wildman–Crippen MR) is 73.3 cm³/mol. The maximum absolute atomic E-state index is 6.03. The average Bonchev–Trinajstić information content (AvgIpc) is 2.65. The highest BCUT2D eigenvalue weighted by molar-refractivity contribution is 6.28. The topological polar surface area (TPSA) is 46.0 Å². The molecule has 3 rings (SSSR count). The fourth-order valence-corrected chi connectivity index (χ4v) is 2.59. The first-order valence-corrected chi connectivity index (χ1v) is 6.50. The molecule has 0 amide bonds. The van der Waals surface area contributed by atoms with Crippen molar-refractivity contribution < 1.29 is 0 Å². The van der Waals surface area contributed by atoms with Crippen molar-refractivity contribution in [2.75, 3.05) is 31.1 Å². The molecule has 1 N–H and O–H groups in total. The molecule has 18 heavy (non-hydrogen) atoms. The van der Waals surface area contributed by atoms with Gasteiger partial charge in [-0.1, -0.05) is 0 Å². The first-order valence-electron chi connectivity index (χ1n) is 6.12. The minimum absolute atomic E-state index is 0.321. The molecule has 0 aliphatic carbocycles. The van der Waals surface area contributed by atoms with E-state index in [-0.39, 0.29) is 0 Å². The summed E-state index contributed by atoms with van der Waals surface area (Å²) in [7, 11) is 2.04. The molecule has 3 heterocycles. The Kier molecular flexibility index (Phi) is 2.87. The van der Waals surface area contributed by atoms with E-state index in [1.54, 1.807) is 0 Å². The van der Waals surface area contributed by atoms with Gasteiger partial charge in [-0.3, -0.25) is 0 Å². The third-order valence-electron chi connectivity index (χ3n) is 3.49. The number of halogens is 1. The quantitative estimate of drug-likeness (QED) is 0.791. The number of nitrogens with zero attached hydrogens (tertiary/aromatic N) is 4. The molecule has 0 aromatic carbocycles. The van der Waals surface area contributed by atoms with Gasteiger partial charge in [-0.2, -0.15) is 4.98 Å². The Morgan fingerprint density at radius 2 is 2.00 bits per heavy atom. The van der Waals surface area contributed by atoms with Gasteiger partial charge in [0, 0.05) is 38.9 Å². The van der Waals surface area contributed by atoms with Crippen LogP contribution in [0.5, 0.6) is 0 Å². The number of fused-ring (bicyclic) bond motifs is 1. The number of aryl methyl sites for hydroxylation is 2. The van der Waals surface area contributed by atoms with Gasteiger partial charge in [0.1, 0.15) is 5.52 Å². The molecule has 2 aromatic rings. The highest BCUT2D eigenvalue weighted by Gasteiger charge is 2.19. The number of rotatable bonds is 1. The van der Waals surface area contributed by atoms with Gasteiger partial charge in [-0.25, -0.2) is 4.98 Å². The van der Waals surface area contributed by atoms with Crippen molar-refractivity contribution in [3.63, 3.8) is 0 Å². The van der Waals surface area contributed by atoms with Gasteiger partial charge in [-0.15, -0.1) is 0 Å². The Bertz CT molecular complexity index is 586. The van der Waals surface area contributed by atoms with Crippen molar-refractivity contribution in [2.24, 2.45) is 7.05 Å². The summed E-state index contributed by atoms with van der Waals surface area (Å²) in [6.45, 7) is 5.93. The van der Waals surface area contributed by atoms with Crippen molar-refractivity contribution >= 4 is 28.5 Å². The summed E-state index contributed by atoms with van der Waals surface area (Å²) in [5.74, 6) is 0.946. The van der Waals surface area contributed by atoms with Gasteiger partial charge in [0.2, 0.25) is 5.28 Å². The molecule has 1 aliphatic rings. The van der Waals surface area contributed by atoms with Crippen LogP contribution >= 0.6 is 11.6 Å². The highest BCUT2D eigenvalue weighted by atomic mass is 35.5. The molecule has 0 spiro atoms. The van der Waals surface area contributed by atoms with Gasteiger partial charge in [0.05, 0.1) is 5.52 Å². The highest BCUT2D eigenvalue weighted by Crippen LogP contribution is 2.27. The molecule has 0 saturated carbocycles. The van der Waals surface area contributed by atoms with Gasteiger partial charge in [0.15, 0.2) is 5.82 Å². The first-order chi connectivity index (χ1) is 8.66. The summed E-state index contributed by atoms with van der Waals surface area (Å²) in [6.07, 6.45) is 0. The van der Waals surface area contributed by atoms with Crippen LogP contribution < -0.4 is 10.2 Å². The van der Waals surface area contributed by atoms with E-state index in [9.17, 15) is 0 Å². The van der Waals surface area contributed by atoms with Crippen molar-refractivity contribution in [1.29, 1.82) is 0 Å². The zero-order chi connectivity index (χ0) is 12.7. The molecule has 1 aliphatic heterocycles. The summed E-state index contributed by atoms with van der Waals surface area (Å²) < 4.78 is 2.13. The largest absolute Gasteiger partial charge is 0.352 e. The zero-order valence-corrected chi connectivity index (χ0v) is 11.3. The molecule has 1 saturated heterocycles. The van der Waals surface area contributed by atoms with Crippen LogP contribution in [0.15, 0.2) is 6.07 Å². The Morgan fingerprint density at radius 3 is 2.72 bits per heavy atom. The lowest BCUT2D eigenvalue weighted by atomic mass is 10.3. The van der Waals surface area contributed by atoms with Crippen LogP contribution in [0.1, 0.15) is 5.69 Å². The SMILES string of the molecule is Cc1cc2nc(Cl)nc(N3CCNCC3)c2n1C. The number of hydrogen-bond donors (Lipinski definition) is 1. The van der Waals surface area contributed by atoms with E-state index in [0.29, 0.717) is 5.28 Å². The van der Waals surface area contributed by atoms with Gasteiger partial charge >= 0.3 is 0 Å². The van der Waals surface area contributed by atoms with E-state index in [2.05, 4.69) is 37.7 Å². The fourth-order valence-electron chi connectivity index (χ4n) is 2.42. The molecule has 1 fully saturated rings. The van der Waals surface area contributed by atoms with Crippen LogP contribution in [-0.2, 0) is 7.05 Å². The number of aromatic nitrogens is 3. The molecule has 0 radical (unpaired) electrons. The van der Waals surface area contributed by atoms with Crippen LogP contribution in [0.4, 0.5) is 5.82 Å². The van der Waals surface area contributed by atoms with E-state index in [0.717, 1.165) is 48.7 Å². The zero-order valence-electron chi connectivity index (χ0n) is 10.6. The number of hydrogen-bond acceptors (Lipinski definition) is 4. The maximum Gasteiger partial charge on any atom is 0.225 e. The van der Waals surface area contributed by atoms with Crippen molar-refractivity contribution in [2.45, 2.75) is 6.92 Å². The minimum Gasteiger partial charge on any atom is -0.352 e. The smallest absolute Gasteiger partial charge is 0.225 e. The number of nitrogens with one attached hydrogen (secondary N) is 1. The van der Waals surface area contributed by atoms with Crippen molar-refractivity contribution in [1.82, 2.24) is 19.9 Å². The Hall–Kier alpha value is -1.33. The van der Waals surface area contributed by atoms with E-state index in [1.165, 1.54) is 0 Å². The van der Waals surface area contributed by atoms with E-state index in [4.69, 9.17) is 11.6 Å². The molecular weight excluding hydrogens is 250 g/mol. The maximum atomic E-state index is 6.03. The molecule has 0 bridgehead atoms. The molecule has 96 valence electrons. The molecule has 0 unspecified atom stereocenters. The first kappa shape index (κ1) is 11.7. The van der Waals surface area contributed by atoms with Gasteiger partial charge in [-0.05, 0) is 24.6 Å². The molecule has 2 aromatic heterocycles. The van der Waals surface area contributed by atoms with Gasteiger partial charge in [0.25, 0.3) is 0 Å². The second-order valence-corrected chi connectivity index (χ2v) is 4.97. The second-order valence-electron chi connectivity index (χ2n) is 4.63. The fraction of sp³-hybridized carbons (Fsp3) is 0.500. The monoisotopic (exact) mass is 265 g/mol. The standard InChI is InChI=1S/C12H16ClN5/c1-8-7-9-10(17(8)2)11(16-12(13)15-9)18-5-3-14-4-6-18/h7,14H,3-6H2,1-2H3. The second kappa shape index (κ2) is 4.40. The third-order valence-corrected chi connectivity index (χ3v) is 3.66. The van der Waals surface area contributed by atoms with Crippen LogP contribution in [-0.4, -0.2) is 40.7 Å². The van der Waals surface area contributed by atoms with Crippen molar-refractivity contribution in [3.05, 3.63) is 17.0 Å². The minimum atomic E-state index is 0.321. The third kappa shape index (κ3) is 1.83. The van der Waals surface area contributed by atoms with E-state index < -0.39 is 0 Å². The van der Waals surface area contributed by atoms with Gasteiger partial charge < -0.3 is 14.8 Å². The Morgan fingerprint density at radius 1 is 1.28 bits per heavy atom. The summed E-state index contributed by atoms with van der Waals surface area (Å²) >= 11 is 6.03. The Balaban J connectivity index is 2.19. The number of piperazine rings is 1. The lowest BCUT2D eigenvalue weighted by Crippen LogP contribution is -2.44. The molecule has 5 nitrogen and oxygen atoms in total. The lowest BCUT2D eigenvalue weighted by Gasteiger charge is -2.29. The van der Waals surface area contributed by atoms with Crippen LogP contribution in [0.25, 0.3) is 11.0 Å². The summed E-state index contributed by atoms with van der Waals surface area (Å²) in [4.78, 5) is 11.0. The molecule has 0 atom stereocenters. The average molecular weight is 266 g/mol. The van der Waals surface area contributed by atoms with Crippen molar-refractivity contribution in [3.8, 4) is 0 Å². The van der Waals surface area contributed by atoms with Crippen LogP contribution in [0.3, 0.4) is 0 Å². The van der Waals surface area contributed by atoms with Crippen LogP contribution in [0.2, 0.25) is 5.28 Å². The normalized spacial score (nSPS) is 16.5. The summed E-state index contributed by atoms with van der Waals surface area (Å²) in [5.41, 5.74) is 3.15. The summed E-state index contributed by atoms with van der Waals surface area (Å²) in [5, 5.41) is 3.66. The van der Waals surface area contributed by atoms with Crippen LogP contribution in [0, 0.1) is 6.92 Å². The lowest BCUT2D eigenvalue weighted by molar-refractivity contribution is 0.585. The van der Waals surface area contributed by atoms with E-state index in [1.807, 2.05) is 7.05 Å². The molecule has 6 heteroatoms. The summed E-state index contributed by atoms with van der Waals surface area (Å²) in [6, 6.07) is 2.05. The predicted octanol–water partition coefficient (Wildman–Crippen LogP) is 1.34. The molecular formula is C12H16ClN5. The van der Waals surface area contributed by atoms with E-state index >= 15 is 0 Å². The Labute approximate surface area is 111 Å².